The maximum atomic E-state index is 14.7. The van der Waals surface area contributed by atoms with E-state index in [4.69, 9.17) is 9.47 Å². The van der Waals surface area contributed by atoms with E-state index < -0.39 is 58.4 Å². The van der Waals surface area contributed by atoms with E-state index in [-0.39, 0.29) is 48.6 Å². The molecule has 0 N–H and O–H groups in total. The van der Waals surface area contributed by atoms with E-state index >= 15 is 0 Å². The molecule has 2 aliphatic heterocycles. The number of rotatable bonds is 6. The number of halogens is 4. The third-order valence-corrected chi connectivity index (χ3v) is 5.92. The molecule has 0 atom stereocenters. The van der Waals surface area contributed by atoms with Gasteiger partial charge in [-0.25, -0.2) is 0 Å². The molecule has 194 valence electrons. The Morgan fingerprint density at radius 2 is 0.737 bits per heavy atom. The third-order valence-electron chi connectivity index (χ3n) is 5.92. The van der Waals surface area contributed by atoms with E-state index in [0.29, 0.717) is 0 Å². The van der Waals surface area contributed by atoms with Crippen LogP contribution in [-0.2, 0) is 19.2 Å². The van der Waals surface area contributed by atoms with Gasteiger partial charge in [0.05, 0.1) is 11.4 Å². The fraction of sp³-hybridized carbons (Fsp3) is 0.154. The maximum absolute atomic E-state index is 14.7. The fourth-order valence-electron chi connectivity index (χ4n) is 4.06. The quantitative estimate of drug-likeness (QED) is 0.250. The lowest BCUT2D eigenvalue weighted by Crippen LogP contribution is -2.28. The molecule has 0 aromatic heterocycles. The summed E-state index contributed by atoms with van der Waals surface area (Å²) in [5.41, 5.74) is 0.410. The maximum Gasteiger partial charge on any atom is 0.234 e. The molecule has 2 saturated heterocycles. The van der Waals surface area contributed by atoms with Crippen LogP contribution in [0.4, 0.5) is 28.9 Å². The van der Waals surface area contributed by atoms with Crippen molar-refractivity contribution in [3.63, 3.8) is 0 Å². The van der Waals surface area contributed by atoms with Gasteiger partial charge in [-0.3, -0.25) is 29.0 Å². The number of benzene rings is 3. The highest BCUT2D eigenvalue weighted by molar-refractivity contribution is 6.20. The van der Waals surface area contributed by atoms with Crippen molar-refractivity contribution in [3.05, 3.63) is 71.8 Å². The molecular weight excluding hydrogens is 512 g/mol. The van der Waals surface area contributed by atoms with Crippen molar-refractivity contribution in [2.45, 2.75) is 25.7 Å². The van der Waals surface area contributed by atoms with Gasteiger partial charge in [-0.2, -0.15) is 17.6 Å². The number of nitrogens with zero attached hydrogens (tertiary/aromatic N) is 2. The second-order valence-electron chi connectivity index (χ2n) is 8.35. The summed E-state index contributed by atoms with van der Waals surface area (Å²) in [4.78, 5) is 49.3. The molecule has 8 nitrogen and oxygen atoms in total. The number of imide groups is 2. The zero-order chi connectivity index (χ0) is 27.1. The minimum Gasteiger partial charge on any atom is -0.451 e. The highest BCUT2D eigenvalue weighted by atomic mass is 19.2. The number of anilines is 2. The molecule has 0 aliphatic carbocycles. The summed E-state index contributed by atoms with van der Waals surface area (Å²) >= 11 is 0. The second-order valence-corrected chi connectivity index (χ2v) is 8.35. The number of carbonyl (C=O) groups is 4. The monoisotopic (exact) mass is 528 g/mol. The van der Waals surface area contributed by atoms with Crippen molar-refractivity contribution in [2.75, 3.05) is 9.80 Å². The van der Waals surface area contributed by atoms with Crippen LogP contribution in [0.1, 0.15) is 25.7 Å². The highest BCUT2D eigenvalue weighted by Gasteiger charge is 2.32. The summed E-state index contributed by atoms with van der Waals surface area (Å²) in [6, 6.07) is 9.81. The van der Waals surface area contributed by atoms with Gasteiger partial charge in [0.2, 0.25) is 58.4 Å². The molecule has 4 amide bonds. The van der Waals surface area contributed by atoms with Crippen LogP contribution in [0, 0.1) is 23.3 Å². The Kier molecular flexibility index (Phi) is 6.31. The van der Waals surface area contributed by atoms with Crippen molar-refractivity contribution in [1.29, 1.82) is 0 Å². The third kappa shape index (κ3) is 4.33. The molecule has 2 heterocycles. The van der Waals surface area contributed by atoms with Gasteiger partial charge in [0.15, 0.2) is 0 Å². The first-order valence-corrected chi connectivity index (χ1v) is 11.3. The number of ether oxygens (including phenoxy) is 2. The van der Waals surface area contributed by atoms with E-state index in [9.17, 15) is 36.7 Å². The van der Waals surface area contributed by atoms with Gasteiger partial charge in [-0.15, -0.1) is 0 Å². The number of hydrogen-bond donors (Lipinski definition) is 0. The van der Waals surface area contributed by atoms with Gasteiger partial charge in [-0.05, 0) is 48.5 Å². The van der Waals surface area contributed by atoms with Crippen molar-refractivity contribution < 1.29 is 46.2 Å². The lowest BCUT2D eigenvalue weighted by Gasteiger charge is -2.16. The zero-order valence-corrected chi connectivity index (χ0v) is 19.3. The average Bonchev–Trinajstić information content (AvgIpc) is 3.43. The molecule has 38 heavy (non-hydrogen) atoms. The smallest absolute Gasteiger partial charge is 0.234 e. The molecule has 3 aromatic carbocycles. The first-order valence-electron chi connectivity index (χ1n) is 11.3. The first kappa shape index (κ1) is 24.9. The molecule has 0 bridgehead atoms. The highest BCUT2D eigenvalue weighted by Crippen LogP contribution is 2.39. The first-order chi connectivity index (χ1) is 18.2. The lowest BCUT2D eigenvalue weighted by molar-refractivity contribution is -0.122. The van der Waals surface area contributed by atoms with Gasteiger partial charge >= 0.3 is 0 Å². The topological polar surface area (TPSA) is 93.2 Å². The molecule has 2 aliphatic rings. The molecule has 2 fully saturated rings. The Hall–Kier alpha value is -4.74. The molecule has 0 radical (unpaired) electrons. The minimum atomic E-state index is -1.86. The van der Waals surface area contributed by atoms with Crippen LogP contribution in [-0.4, -0.2) is 23.6 Å². The van der Waals surface area contributed by atoms with Crippen molar-refractivity contribution in [2.24, 2.45) is 0 Å². The van der Waals surface area contributed by atoms with E-state index in [1.54, 1.807) is 0 Å². The predicted octanol–water partition coefficient (Wildman–Crippen LogP) is 5.13. The summed E-state index contributed by atoms with van der Waals surface area (Å²) in [6.45, 7) is 0. The average molecular weight is 528 g/mol. The van der Waals surface area contributed by atoms with Gasteiger partial charge in [0.1, 0.15) is 11.5 Å². The fourth-order valence-corrected chi connectivity index (χ4v) is 4.06. The normalized spacial score (nSPS) is 15.6. The lowest BCUT2D eigenvalue weighted by atomic mass is 10.2. The summed E-state index contributed by atoms with van der Waals surface area (Å²) < 4.78 is 68.9. The van der Waals surface area contributed by atoms with E-state index in [2.05, 4.69) is 0 Å². The van der Waals surface area contributed by atoms with Crippen LogP contribution < -0.4 is 19.3 Å². The molecule has 12 heteroatoms. The second kappa shape index (κ2) is 9.61. The Morgan fingerprint density at radius 1 is 0.474 bits per heavy atom. The van der Waals surface area contributed by atoms with Crippen molar-refractivity contribution in [1.82, 2.24) is 0 Å². The molecule has 0 spiro atoms. The SMILES string of the molecule is O=C1CCC(=O)N1c1ccc(Oc2c(F)c(F)c(Oc3ccc(N4C(=O)CCC4=O)cc3)c(F)c2F)cc1. The molecular formula is C26H16F4N2O6. The Morgan fingerprint density at radius 3 is 1.00 bits per heavy atom. The Bertz CT molecular complexity index is 1320. The standard InChI is InChI=1S/C26H16F4N2O6/c27-21-23(29)26(38-16-7-3-14(4-8-16)32-19(35)11-12-20(32)36)24(30)22(28)25(21)37-15-5-1-13(2-6-15)31-17(33)9-10-18(31)34/h1-8H,9-12H2. The van der Waals surface area contributed by atoms with Crippen molar-refractivity contribution in [3.8, 4) is 23.0 Å². The molecule has 0 unspecified atom stereocenters. The largest absolute Gasteiger partial charge is 0.451 e. The van der Waals surface area contributed by atoms with Gasteiger partial charge in [-0.1, -0.05) is 0 Å². The summed E-state index contributed by atoms with van der Waals surface area (Å²) in [5, 5.41) is 0. The summed E-state index contributed by atoms with van der Waals surface area (Å²) in [6.07, 6.45) is 0.232. The van der Waals surface area contributed by atoms with Gasteiger partial charge < -0.3 is 9.47 Å². The van der Waals surface area contributed by atoms with Crippen LogP contribution in [0.5, 0.6) is 23.0 Å². The molecule has 3 aromatic rings. The number of hydrogen-bond acceptors (Lipinski definition) is 6. The zero-order valence-electron chi connectivity index (χ0n) is 19.3. The van der Waals surface area contributed by atoms with Crippen LogP contribution in [0.2, 0.25) is 0 Å². The minimum absolute atomic E-state index is 0.0580. The number of amides is 4. The van der Waals surface area contributed by atoms with Crippen LogP contribution in [0.3, 0.4) is 0 Å². The van der Waals surface area contributed by atoms with Gasteiger partial charge in [0.25, 0.3) is 0 Å². The Balaban J connectivity index is 1.36. The molecule has 5 rings (SSSR count). The molecule has 0 saturated carbocycles. The van der Waals surface area contributed by atoms with E-state index in [0.717, 1.165) is 9.80 Å². The van der Waals surface area contributed by atoms with Crippen LogP contribution in [0.25, 0.3) is 0 Å². The summed E-state index contributed by atoms with van der Waals surface area (Å²) in [5.74, 6) is -12.3. The van der Waals surface area contributed by atoms with E-state index in [1.807, 2.05) is 0 Å². The van der Waals surface area contributed by atoms with E-state index in [1.165, 1.54) is 48.5 Å². The van der Waals surface area contributed by atoms with Gasteiger partial charge in [0, 0.05) is 25.7 Å². The van der Waals surface area contributed by atoms with Crippen LogP contribution >= 0.6 is 0 Å². The summed E-state index contributed by atoms with van der Waals surface area (Å²) in [7, 11) is 0. The number of carbonyl (C=O) groups excluding carboxylic acids is 4. The van der Waals surface area contributed by atoms with Crippen LogP contribution in [0.15, 0.2) is 48.5 Å². The van der Waals surface area contributed by atoms with Crippen molar-refractivity contribution >= 4 is 35.0 Å². The predicted molar refractivity (Wildman–Crippen MR) is 123 cm³/mol. The Labute approximate surface area is 212 Å².